The van der Waals surface area contributed by atoms with Crippen LogP contribution in [0.2, 0.25) is 19.6 Å². The summed E-state index contributed by atoms with van der Waals surface area (Å²) in [5.41, 5.74) is 9.05. The van der Waals surface area contributed by atoms with Crippen molar-refractivity contribution in [1.82, 2.24) is 19.5 Å². The van der Waals surface area contributed by atoms with E-state index in [2.05, 4.69) is 117 Å². The number of aryl methyl sites for hydroxylation is 2. The maximum atomic E-state index is 14.4. The molecular weight excluding hydrogens is 959 g/mol. The van der Waals surface area contributed by atoms with Gasteiger partial charge in [-0.3, -0.25) is 9.37 Å². The number of fused-ring (bicyclic) bond motifs is 6. The summed E-state index contributed by atoms with van der Waals surface area (Å²) in [6.07, 6.45) is 1.89. The van der Waals surface area contributed by atoms with Gasteiger partial charge in [0.1, 0.15) is 10.6 Å². The predicted octanol–water partition coefficient (Wildman–Crippen LogP) is 13.8. The molecule has 9 rings (SSSR count). The molecule has 4 nitrogen and oxygen atoms in total. The van der Waals surface area contributed by atoms with Crippen LogP contribution in [0.1, 0.15) is 64.3 Å². The Morgan fingerprint density at radius 1 is 0.817 bits per heavy atom. The van der Waals surface area contributed by atoms with Crippen molar-refractivity contribution < 1.29 is 30.3 Å². The molecule has 9 heteroatoms. The van der Waals surface area contributed by atoms with Crippen molar-refractivity contribution in [2.45, 2.75) is 79.4 Å². The normalized spacial score (nSPS) is 12.4. The van der Waals surface area contributed by atoms with E-state index in [0.29, 0.717) is 0 Å². The Balaban J connectivity index is 0.000000217. The van der Waals surface area contributed by atoms with E-state index in [4.69, 9.17) is 11.3 Å². The van der Waals surface area contributed by atoms with Gasteiger partial charge in [0.2, 0.25) is 0 Å². The van der Waals surface area contributed by atoms with Gasteiger partial charge in [0.25, 0.3) is 0 Å². The summed E-state index contributed by atoms with van der Waals surface area (Å²) < 4.78 is 39.2. The number of imidazole rings is 1. The van der Waals surface area contributed by atoms with Crippen LogP contribution in [0, 0.1) is 37.6 Å². The van der Waals surface area contributed by atoms with Gasteiger partial charge < -0.3 is 9.55 Å². The number of rotatable bonds is 5. The number of nitrogens with zero attached hydrogens (tertiary/aromatic N) is 4. The van der Waals surface area contributed by atoms with Gasteiger partial charge in [0.15, 0.2) is 0 Å². The first-order valence-corrected chi connectivity index (χ1v) is 24.2. The van der Waals surface area contributed by atoms with Crippen LogP contribution in [0.15, 0.2) is 103 Å². The molecule has 0 atom stereocenters. The molecule has 0 fully saturated rings. The first kappa shape index (κ1) is 41.8. The monoisotopic (exact) mass is 1010 g/mol. The minimum Gasteiger partial charge on any atom is -0.332 e. The van der Waals surface area contributed by atoms with Crippen molar-refractivity contribution >= 4 is 66.7 Å². The molecular formula is C51H48F2IrN4SSi-2. The summed E-state index contributed by atoms with van der Waals surface area (Å²) in [5.74, 6) is -0.429. The molecule has 0 aliphatic carbocycles. The number of aromatic nitrogens is 4. The van der Waals surface area contributed by atoms with Crippen LogP contribution < -0.4 is 5.19 Å². The van der Waals surface area contributed by atoms with E-state index < -0.39 is 14.0 Å². The van der Waals surface area contributed by atoms with Crippen LogP contribution in [0.4, 0.5) is 8.78 Å². The minimum atomic E-state index is -1.57. The second-order valence-electron chi connectivity index (χ2n) is 17.6. The van der Waals surface area contributed by atoms with E-state index in [1.54, 1.807) is 29.5 Å². The molecule has 0 saturated carbocycles. The average Bonchev–Trinajstić information content (AvgIpc) is 3.76. The molecule has 0 N–H and O–H groups in total. The predicted molar refractivity (Wildman–Crippen MR) is 247 cm³/mol. The first-order chi connectivity index (χ1) is 28.3. The van der Waals surface area contributed by atoms with E-state index in [0.717, 1.165) is 92.8 Å². The van der Waals surface area contributed by atoms with Gasteiger partial charge in [-0.2, -0.15) is 11.3 Å². The Labute approximate surface area is 371 Å². The van der Waals surface area contributed by atoms with Crippen molar-refractivity contribution in [1.29, 1.82) is 0 Å². The zero-order valence-corrected chi connectivity index (χ0v) is 39.8. The van der Waals surface area contributed by atoms with Gasteiger partial charge >= 0.3 is 0 Å². The fourth-order valence-corrected chi connectivity index (χ4v) is 10.6. The van der Waals surface area contributed by atoms with Crippen LogP contribution in [-0.4, -0.2) is 27.6 Å². The van der Waals surface area contributed by atoms with Crippen LogP contribution in [-0.2, 0) is 25.5 Å². The molecule has 0 aliphatic heterocycles. The molecule has 4 heterocycles. The van der Waals surface area contributed by atoms with Crippen molar-refractivity contribution in [3.63, 3.8) is 0 Å². The second-order valence-corrected chi connectivity index (χ2v) is 23.6. The summed E-state index contributed by atoms with van der Waals surface area (Å²) >= 11 is 1.69. The van der Waals surface area contributed by atoms with E-state index in [9.17, 15) is 8.78 Å². The molecule has 0 saturated heterocycles. The third-order valence-corrected chi connectivity index (χ3v) is 14.0. The molecule has 9 aromatic rings. The Hall–Kier alpha value is -4.92. The number of benzene rings is 5. The van der Waals surface area contributed by atoms with Gasteiger partial charge in [0.05, 0.1) is 24.9 Å². The van der Waals surface area contributed by atoms with Gasteiger partial charge in [-0.25, -0.2) is 9.37 Å². The quantitative estimate of drug-likeness (QED) is 0.127. The van der Waals surface area contributed by atoms with E-state index in [1.165, 1.54) is 17.3 Å². The molecule has 0 spiro atoms. The maximum absolute atomic E-state index is 14.4. The zero-order valence-electron chi connectivity index (χ0n) is 36.6. The SMILES string of the molecule is Cc1cc(F)cc(C)c1-n1c(-c2[c-]ccc3c2sc2nc(C(C)(C)C)ccc23)nc2ccc3ccccc3c21.[2H]C(C)(C)c1cc(-c2[c-]cc(F)cc2)ncc1[Si](C)(C)C.[Ir]. The van der Waals surface area contributed by atoms with E-state index in [1.807, 2.05) is 46.0 Å². The second kappa shape index (κ2) is 16.5. The van der Waals surface area contributed by atoms with Crippen LogP contribution in [0.25, 0.3) is 70.4 Å². The summed E-state index contributed by atoms with van der Waals surface area (Å²) in [6, 6.07) is 37.0. The summed E-state index contributed by atoms with van der Waals surface area (Å²) in [7, 11) is -1.57. The van der Waals surface area contributed by atoms with Crippen LogP contribution in [0.5, 0.6) is 0 Å². The maximum Gasteiger partial charge on any atom is 0.123 e. The Bertz CT molecular complexity index is 3080. The zero-order chi connectivity index (χ0) is 42.9. The third kappa shape index (κ3) is 8.13. The van der Waals surface area contributed by atoms with Crippen molar-refractivity contribution in [3.05, 3.63) is 149 Å². The van der Waals surface area contributed by atoms with Crippen LogP contribution in [0.3, 0.4) is 0 Å². The molecule has 0 aliphatic rings. The topological polar surface area (TPSA) is 43.6 Å². The fourth-order valence-electron chi connectivity index (χ4n) is 7.87. The van der Waals surface area contributed by atoms with Crippen molar-refractivity contribution in [2.24, 2.45) is 0 Å². The van der Waals surface area contributed by atoms with E-state index >= 15 is 0 Å². The number of hydrogen-bond acceptors (Lipinski definition) is 4. The minimum absolute atomic E-state index is 0. The number of thiophene rings is 1. The Morgan fingerprint density at radius 2 is 1.55 bits per heavy atom. The standard InChI is InChI=1S/C34H27FN3S.C17H21FNSi.Ir/c1-19-17-22(35)18-20(2)29(19)38-30-23-10-7-6-9-21(23)13-15-27(30)36-32(38)26-12-8-11-24-25-14-16-28(34(3,4)5)37-33(25)39-31(24)26;1-12(2)15-10-16(13-6-8-14(18)9-7-13)19-11-17(15)20(3,4)5;/h6-11,13-18H,1-5H3;6,8-12H,1-5H3;/q2*-1;/i;12D;. The Morgan fingerprint density at radius 3 is 2.22 bits per heavy atom. The molecule has 307 valence electrons. The Kier molecular flexibility index (Phi) is 11.5. The number of hydrogen-bond donors (Lipinski definition) is 0. The average molecular weight is 1010 g/mol. The largest absolute Gasteiger partial charge is 0.332 e. The van der Waals surface area contributed by atoms with Gasteiger partial charge in [-0.05, 0) is 81.5 Å². The summed E-state index contributed by atoms with van der Waals surface area (Å²) in [5, 5.41) is 5.73. The molecule has 0 bridgehead atoms. The van der Waals surface area contributed by atoms with Gasteiger partial charge in [0, 0.05) is 55.7 Å². The number of halogens is 2. The smallest absolute Gasteiger partial charge is 0.123 e. The van der Waals surface area contributed by atoms with Crippen molar-refractivity contribution in [2.75, 3.05) is 0 Å². The fraction of sp³-hybridized carbons (Fsp3) is 0.235. The van der Waals surface area contributed by atoms with Gasteiger partial charge in [-0.1, -0.05) is 113 Å². The molecule has 0 amide bonds. The molecule has 5 aromatic carbocycles. The van der Waals surface area contributed by atoms with E-state index in [-0.39, 0.29) is 37.2 Å². The van der Waals surface area contributed by atoms with Gasteiger partial charge in [-0.15, -0.1) is 48.0 Å². The number of pyridine rings is 2. The summed E-state index contributed by atoms with van der Waals surface area (Å²) in [6.45, 7) is 21.0. The molecule has 60 heavy (non-hydrogen) atoms. The molecule has 4 aromatic heterocycles. The first-order valence-electron chi connectivity index (χ1n) is 20.4. The molecule has 0 unspecified atom stereocenters. The van der Waals surface area contributed by atoms with Crippen molar-refractivity contribution in [3.8, 4) is 28.3 Å². The summed E-state index contributed by atoms with van der Waals surface area (Å²) in [4.78, 5) is 15.8. The molecule has 1 radical (unpaired) electrons. The van der Waals surface area contributed by atoms with Crippen LogP contribution >= 0.6 is 11.3 Å². The third-order valence-electron chi connectivity index (χ3n) is 10.8.